The van der Waals surface area contributed by atoms with Crippen molar-refractivity contribution in [3.63, 3.8) is 0 Å². The number of rotatable bonds is 6. The number of hydrogen-bond acceptors (Lipinski definition) is 5. The van der Waals surface area contributed by atoms with Crippen LogP contribution in [0, 0.1) is 0 Å². The molecule has 0 bridgehead atoms. The lowest BCUT2D eigenvalue weighted by Gasteiger charge is -2.13. The first-order chi connectivity index (χ1) is 12.1. The van der Waals surface area contributed by atoms with E-state index in [2.05, 4.69) is 0 Å². The van der Waals surface area contributed by atoms with Crippen LogP contribution in [0.25, 0.3) is 0 Å². The molecular formula is C19H17NO5. The molecule has 0 saturated heterocycles. The Balaban J connectivity index is 1.51. The smallest absolute Gasteiger partial charge is 0.338 e. The predicted molar refractivity (Wildman–Crippen MR) is 89.7 cm³/mol. The number of carbonyl (C=O) groups excluding carboxylic acids is 3. The molecule has 0 fully saturated rings. The summed E-state index contributed by atoms with van der Waals surface area (Å²) in [5, 5.41) is 0. The summed E-state index contributed by atoms with van der Waals surface area (Å²) in [7, 11) is 1.52. The first-order valence-electron chi connectivity index (χ1n) is 7.88. The fourth-order valence-corrected chi connectivity index (χ4v) is 2.66. The highest BCUT2D eigenvalue weighted by molar-refractivity contribution is 6.21. The van der Waals surface area contributed by atoms with Crippen molar-refractivity contribution in [2.75, 3.05) is 20.3 Å². The van der Waals surface area contributed by atoms with Gasteiger partial charge in [0.05, 0.1) is 30.4 Å². The van der Waals surface area contributed by atoms with Crippen LogP contribution in [0.1, 0.15) is 37.5 Å². The summed E-state index contributed by atoms with van der Waals surface area (Å²) in [5.74, 6) is -0.513. The molecule has 3 rings (SSSR count). The van der Waals surface area contributed by atoms with Gasteiger partial charge in [-0.05, 0) is 36.8 Å². The molecule has 0 N–H and O–H groups in total. The molecule has 2 amide bonds. The van der Waals surface area contributed by atoms with Gasteiger partial charge in [-0.15, -0.1) is 0 Å². The lowest BCUT2D eigenvalue weighted by atomic mass is 10.1. The van der Waals surface area contributed by atoms with E-state index in [-0.39, 0.29) is 25.0 Å². The molecule has 2 aromatic carbocycles. The number of fused-ring (bicyclic) bond motifs is 1. The molecular weight excluding hydrogens is 322 g/mol. The fraction of sp³-hybridized carbons (Fsp3) is 0.211. The lowest BCUT2D eigenvalue weighted by molar-refractivity contribution is 0.0482. The van der Waals surface area contributed by atoms with E-state index in [1.165, 1.54) is 12.0 Å². The summed E-state index contributed by atoms with van der Waals surface area (Å²) in [4.78, 5) is 37.6. The minimum Gasteiger partial charge on any atom is -0.497 e. The van der Waals surface area contributed by atoms with Gasteiger partial charge in [0.15, 0.2) is 0 Å². The molecule has 128 valence electrons. The van der Waals surface area contributed by atoms with E-state index in [4.69, 9.17) is 9.47 Å². The fourth-order valence-electron chi connectivity index (χ4n) is 2.66. The second kappa shape index (κ2) is 7.17. The van der Waals surface area contributed by atoms with Gasteiger partial charge in [0.25, 0.3) is 11.8 Å². The Bertz CT molecular complexity index is 795. The van der Waals surface area contributed by atoms with E-state index in [9.17, 15) is 14.4 Å². The van der Waals surface area contributed by atoms with Crippen molar-refractivity contribution < 1.29 is 23.9 Å². The second-order valence-electron chi connectivity index (χ2n) is 5.53. The number of benzene rings is 2. The van der Waals surface area contributed by atoms with Crippen LogP contribution < -0.4 is 4.74 Å². The van der Waals surface area contributed by atoms with E-state index in [0.29, 0.717) is 28.9 Å². The van der Waals surface area contributed by atoms with Crippen molar-refractivity contribution in [2.24, 2.45) is 0 Å². The Hall–Kier alpha value is -3.15. The van der Waals surface area contributed by atoms with Gasteiger partial charge < -0.3 is 9.47 Å². The largest absolute Gasteiger partial charge is 0.497 e. The zero-order valence-electron chi connectivity index (χ0n) is 13.7. The summed E-state index contributed by atoms with van der Waals surface area (Å²) in [6, 6.07) is 13.4. The van der Waals surface area contributed by atoms with E-state index < -0.39 is 5.97 Å². The minimum absolute atomic E-state index is 0.115. The van der Waals surface area contributed by atoms with Gasteiger partial charge in [-0.1, -0.05) is 18.2 Å². The Labute approximate surface area is 145 Å². The van der Waals surface area contributed by atoms with Crippen LogP contribution in [0.2, 0.25) is 0 Å². The average molecular weight is 339 g/mol. The van der Waals surface area contributed by atoms with E-state index in [1.807, 2.05) is 0 Å². The third-order valence-electron chi connectivity index (χ3n) is 3.94. The van der Waals surface area contributed by atoms with E-state index in [0.717, 1.165) is 0 Å². The number of imide groups is 1. The summed E-state index contributed by atoms with van der Waals surface area (Å²) < 4.78 is 10.3. The molecule has 2 aromatic rings. The number of esters is 1. The van der Waals surface area contributed by atoms with Gasteiger partial charge in [-0.3, -0.25) is 14.5 Å². The topological polar surface area (TPSA) is 72.9 Å². The molecule has 1 aliphatic rings. The van der Waals surface area contributed by atoms with Crippen molar-refractivity contribution >= 4 is 17.8 Å². The van der Waals surface area contributed by atoms with Crippen molar-refractivity contribution in [2.45, 2.75) is 6.42 Å². The van der Waals surface area contributed by atoms with Gasteiger partial charge in [-0.2, -0.15) is 0 Å². The lowest BCUT2D eigenvalue weighted by Crippen LogP contribution is -2.31. The molecule has 0 spiro atoms. The number of methoxy groups -OCH3 is 1. The zero-order valence-corrected chi connectivity index (χ0v) is 13.7. The SMILES string of the molecule is COc1cccc(C(=O)OCCCN2C(=O)c3ccccc3C2=O)c1. The minimum atomic E-state index is -0.471. The summed E-state index contributed by atoms with van der Waals surface area (Å²) in [6.45, 7) is 0.321. The maximum atomic E-state index is 12.2. The van der Waals surface area contributed by atoms with Crippen LogP contribution in [0.15, 0.2) is 48.5 Å². The number of ether oxygens (including phenoxy) is 2. The van der Waals surface area contributed by atoms with Crippen LogP contribution >= 0.6 is 0 Å². The molecule has 6 heteroatoms. The molecule has 0 unspecified atom stereocenters. The maximum absolute atomic E-state index is 12.2. The Morgan fingerprint density at radius 2 is 1.68 bits per heavy atom. The van der Waals surface area contributed by atoms with Crippen LogP contribution in [0.4, 0.5) is 0 Å². The van der Waals surface area contributed by atoms with Gasteiger partial charge in [0.2, 0.25) is 0 Å². The molecule has 6 nitrogen and oxygen atoms in total. The molecule has 0 radical (unpaired) electrons. The van der Waals surface area contributed by atoms with Crippen molar-refractivity contribution in [3.8, 4) is 5.75 Å². The number of amides is 2. The van der Waals surface area contributed by atoms with Crippen molar-refractivity contribution in [3.05, 3.63) is 65.2 Å². The van der Waals surface area contributed by atoms with Gasteiger partial charge in [0.1, 0.15) is 5.75 Å². The van der Waals surface area contributed by atoms with Crippen LogP contribution in [-0.4, -0.2) is 42.9 Å². The summed E-state index contributed by atoms with van der Waals surface area (Å²) in [6.07, 6.45) is 0.376. The molecule has 0 aliphatic carbocycles. The molecule has 1 heterocycles. The molecule has 0 saturated carbocycles. The first kappa shape index (κ1) is 16.7. The van der Waals surface area contributed by atoms with Gasteiger partial charge in [0, 0.05) is 6.54 Å². The summed E-state index contributed by atoms with van der Waals surface area (Å²) in [5.41, 5.74) is 1.22. The highest BCUT2D eigenvalue weighted by Gasteiger charge is 2.34. The standard InChI is InChI=1S/C19H17NO5/c1-24-14-7-4-6-13(12-14)19(23)25-11-5-10-20-17(21)15-8-2-3-9-16(15)18(20)22/h2-4,6-9,12H,5,10-11H2,1H3. The average Bonchev–Trinajstić information content (AvgIpc) is 2.90. The predicted octanol–water partition coefficient (Wildman–Crippen LogP) is 2.54. The molecule has 1 aliphatic heterocycles. The third kappa shape index (κ3) is 3.38. The quantitative estimate of drug-likeness (QED) is 0.459. The Morgan fingerprint density at radius 3 is 2.32 bits per heavy atom. The van der Waals surface area contributed by atoms with Crippen molar-refractivity contribution in [1.82, 2.24) is 4.90 Å². The normalized spacial score (nSPS) is 12.9. The first-order valence-corrected chi connectivity index (χ1v) is 7.88. The van der Waals surface area contributed by atoms with Gasteiger partial charge >= 0.3 is 5.97 Å². The van der Waals surface area contributed by atoms with Crippen LogP contribution in [0.5, 0.6) is 5.75 Å². The zero-order chi connectivity index (χ0) is 17.8. The van der Waals surface area contributed by atoms with Crippen LogP contribution in [-0.2, 0) is 4.74 Å². The summed E-state index contributed by atoms with van der Waals surface area (Å²) >= 11 is 0. The number of hydrogen-bond donors (Lipinski definition) is 0. The Morgan fingerprint density at radius 1 is 1.00 bits per heavy atom. The number of carbonyl (C=O) groups is 3. The highest BCUT2D eigenvalue weighted by Crippen LogP contribution is 2.22. The maximum Gasteiger partial charge on any atom is 0.338 e. The monoisotopic (exact) mass is 339 g/mol. The highest BCUT2D eigenvalue weighted by atomic mass is 16.5. The second-order valence-corrected chi connectivity index (χ2v) is 5.53. The Kier molecular flexibility index (Phi) is 4.79. The van der Waals surface area contributed by atoms with Crippen LogP contribution in [0.3, 0.4) is 0 Å². The van der Waals surface area contributed by atoms with E-state index >= 15 is 0 Å². The van der Waals surface area contributed by atoms with E-state index in [1.54, 1.807) is 48.5 Å². The molecule has 0 atom stereocenters. The molecule has 25 heavy (non-hydrogen) atoms. The number of nitrogens with zero attached hydrogens (tertiary/aromatic N) is 1. The molecule has 0 aromatic heterocycles. The van der Waals surface area contributed by atoms with Crippen molar-refractivity contribution in [1.29, 1.82) is 0 Å². The van der Waals surface area contributed by atoms with Gasteiger partial charge in [-0.25, -0.2) is 4.79 Å². The third-order valence-corrected chi connectivity index (χ3v) is 3.94.